The van der Waals surface area contributed by atoms with Crippen molar-refractivity contribution in [3.63, 3.8) is 0 Å². The topological polar surface area (TPSA) is 139 Å². The summed E-state index contributed by atoms with van der Waals surface area (Å²) in [5, 5.41) is 20.0. The van der Waals surface area contributed by atoms with Gasteiger partial charge >= 0.3 is 0 Å². The molecule has 1 atom stereocenters. The zero-order valence-corrected chi connectivity index (χ0v) is 21.4. The smallest absolute Gasteiger partial charge is 0.269 e. The highest BCUT2D eigenvalue weighted by molar-refractivity contribution is 7.98. The molecule has 15 heteroatoms. The van der Waals surface area contributed by atoms with E-state index in [0.717, 1.165) is 0 Å². The van der Waals surface area contributed by atoms with E-state index in [1.807, 2.05) is 0 Å². The van der Waals surface area contributed by atoms with Crippen LogP contribution in [0.25, 0.3) is 0 Å². The van der Waals surface area contributed by atoms with Gasteiger partial charge < -0.3 is 9.47 Å². The zero-order valence-electron chi connectivity index (χ0n) is 17.0. The maximum Gasteiger partial charge on any atom is 0.269 e. The van der Waals surface area contributed by atoms with Gasteiger partial charge in [-0.25, -0.2) is 0 Å². The number of nitrogens with zero attached hydrogens (tertiary/aromatic N) is 2. The average molecular weight is 567 g/mol. The number of thiocarbonyl (C=S) groups is 2. The Balaban J connectivity index is 2.01. The van der Waals surface area contributed by atoms with Gasteiger partial charge in [-0.05, 0) is 48.7 Å². The molecule has 0 amide bonds. The Labute approximate surface area is 219 Å². The van der Waals surface area contributed by atoms with Crippen molar-refractivity contribution in [3.8, 4) is 11.5 Å². The molecule has 2 aromatic carbocycles. The van der Waals surface area contributed by atoms with Crippen LogP contribution in [0.3, 0.4) is 0 Å². The number of nitro groups is 2. The summed E-state index contributed by atoms with van der Waals surface area (Å²) >= 11 is 18.4. The maximum atomic E-state index is 12.3. The summed E-state index contributed by atoms with van der Waals surface area (Å²) in [4.78, 5) is 45.0. The van der Waals surface area contributed by atoms with Crippen molar-refractivity contribution in [2.24, 2.45) is 0 Å². The lowest BCUT2D eigenvalue weighted by Crippen LogP contribution is -2.16. The second kappa shape index (κ2) is 11.1. The molecule has 178 valence electrons. The van der Waals surface area contributed by atoms with Gasteiger partial charge in [0.1, 0.15) is 11.5 Å². The second-order valence-electron chi connectivity index (χ2n) is 6.52. The molecular weight excluding hydrogens is 555 g/mol. The number of nitro benzene ring substituents is 2. The molecule has 1 aromatic heterocycles. The zero-order chi connectivity index (χ0) is 25.9. The third kappa shape index (κ3) is 6.10. The van der Waals surface area contributed by atoms with Gasteiger partial charge in [-0.2, -0.15) is 0 Å². The Bertz CT molecular complexity index is 1390. The van der Waals surface area contributed by atoms with E-state index in [9.17, 15) is 29.8 Å². The molecule has 0 bridgehead atoms. The molecule has 0 spiro atoms. The normalized spacial score (nSPS) is 10.6. The van der Waals surface area contributed by atoms with Gasteiger partial charge in [0, 0.05) is 24.3 Å². The molecule has 0 N–H and O–H groups in total. The number of thiol groups is 2. The summed E-state index contributed by atoms with van der Waals surface area (Å²) in [5.74, 6) is 0.304. The van der Waals surface area contributed by atoms with Crippen LogP contribution in [0.4, 0.5) is 11.4 Å². The Morgan fingerprint density at radius 3 is 1.51 bits per heavy atom. The molecule has 3 rings (SSSR count). The first kappa shape index (κ1) is 26.4. The van der Waals surface area contributed by atoms with Gasteiger partial charge in [0.25, 0.3) is 11.4 Å². The maximum absolute atomic E-state index is 12.3. The number of ether oxygens (including phenoxy) is 2. The lowest BCUT2D eigenvalue weighted by Gasteiger charge is -2.12. The van der Waals surface area contributed by atoms with Crippen molar-refractivity contribution in [3.05, 3.63) is 90.5 Å². The molecule has 10 nitrogen and oxygen atoms in total. The largest absolute Gasteiger partial charge is 0.445 e. The minimum absolute atomic E-state index is 0.000924. The summed E-state index contributed by atoms with van der Waals surface area (Å²) in [5.41, 5.74) is -0.474. The Hall–Kier alpha value is -3.16. The number of rotatable bonds is 8. The fourth-order valence-corrected chi connectivity index (χ4v) is 5.41. The van der Waals surface area contributed by atoms with E-state index < -0.39 is 28.3 Å². The molecular formula is C20H11N2O8PS4. The van der Waals surface area contributed by atoms with Crippen molar-refractivity contribution < 1.29 is 28.9 Å². The number of carbonyl (C=O) groups is 2. The summed E-state index contributed by atoms with van der Waals surface area (Å²) in [6.45, 7) is 0. The monoisotopic (exact) mass is 566 g/mol. The third-order valence-corrected chi connectivity index (χ3v) is 7.22. The molecule has 0 fully saturated rings. The number of non-ortho nitro benzene ring substituents is 2. The SMILES string of the molecule is O=C(S)c1[pH]c(C(=S)Oc2ccc([N+](=O)[O-])cc2)c(C(=S)Oc2ccc([N+](=O)[O-])cc2)c1C(=O)S. The quantitative estimate of drug-likeness (QED) is 0.162. The molecule has 0 aliphatic heterocycles. The van der Waals surface area contributed by atoms with Crippen LogP contribution in [0.5, 0.6) is 11.5 Å². The van der Waals surface area contributed by atoms with E-state index in [0.29, 0.717) is 0 Å². The fraction of sp³-hybridized carbons (Fsp3) is 0. The highest BCUT2D eigenvalue weighted by atomic mass is 32.1. The number of hydrogen-bond acceptors (Lipinski definition) is 10. The molecule has 0 saturated heterocycles. The molecule has 3 aromatic rings. The van der Waals surface area contributed by atoms with E-state index in [1.54, 1.807) is 0 Å². The first-order valence-electron chi connectivity index (χ1n) is 9.15. The van der Waals surface area contributed by atoms with Gasteiger partial charge in [0.05, 0.1) is 31.6 Å². The van der Waals surface area contributed by atoms with Crippen LogP contribution in [0.15, 0.2) is 48.5 Å². The summed E-state index contributed by atoms with van der Waals surface area (Å²) < 4.78 is 11.3. The first-order valence-corrected chi connectivity index (χ1v) is 11.9. The molecule has 0 aliphatic carbocycles. The second-order valence-corrected chi connectivity index (χ2v) is 9.32. The molecule has 0 saturated carbocycles. The standard InChI is InChI=1S/C20H11N2O8PS4/c23-17(32)13-14(19(34)29-11-5-1-9(2-6-11)21(25)26)16(31-15(13)18(24)33)20(35)30-12-7-3-10(4-8-12)22(27)28/h1-8,31H,(H,23,32)(H,24,33). The lowest BCUT2D eigenvalue weighted by molar-refractivity contribution is -0.385. The van der Waals surface area contributed by atoms with Crippen molar-refractivity contribution in [1.29, 1.82) is 0 Å². The Kier molecular flexibility index (Phi) is 8.35. The van der Waals surface area contributed by atoms with Crippen LogP contribution >= 0.6 is 57.9 Å². The van der Waals surface area contributed by atoms with Crippen LogP contribution in [0.2, 0.25) is 0 Å². The van der Waals surface area contributed by atoms with Gasteiger partial charge in [0.2, 0.25) is 15.3 Å². The average Bonchev–Trinajstić information content (AvgIpc) is 3.21. The van der Waals surface area contributed by atoms with E-state index >= 15 is 0 Å². The van der Waals surface area contributed by atoms with Crippen LogP contribution in [0, 0.1) is 20.2 Å². The van der Waals surface area contributed by atoms with Crippen LogP contribution in [-0.4, -0.2) is 30.2 Å². The van der Waals surface area contributed by atoms with E-state index in [2.05, 4.69) is 25.3 Å². The Morgan fingerprint density at radius 2 is 1.14 bits per heavy atom. The third-order valence-electron chi connectivity index (χ3n) is 4.35. The number of carbonyl (C=O) groups excluding carboxylic acids is 2. The van der Waals surface area contributed by atoms with Crippen LogP contribution in [-0.2, 0) is 0 Å². The van der Waals surface area contributed by atoms with Gasteiger partial charge in [-0.3, -0.25) is 29.8 Å². The van der Waals surface area contributed by atoms with Crippen LogP contribution < -0.4 is 9.47 Å². The van der Waals surface area contributed by atoms with Gasteiger partial charge in [-0.1, -0.05) is 12.6 Å². The summed E-state index contributed by atoms with van der Waals surface area (Å²) in [7, 11) is -0.469. The predicted octanol–water partition coefficient (Wildman–Crippen LogP) is 5.18. The number of benzene rings is 2. The summed E-state index contributed by atoms with van der Waals surface area (Å²) in [6.07, 6.45) is 0. The molecule has 35 heavy (non-hydrogen) atoms. The lowest BCUT2D eigenvalue weighted by atomic mass is 10.1. The fourth-order valence-electron chi connectivity index (χ4n) is 2.82. The Morgan fingerprint density at radius 1 is 0.714 bits per heavy atom. The molecule has 1 unspecified atom stereocenters. The van der Waals surface area contributed by atoms with Gasteiger partial charge in [0.15, 0.2) is 5.05 Å². The van der Waals surface area contributed by atoms with Crippen molar-refractivity contribution in [2.75, 3.05) is 0 Å². The molecule has 0 aliphatic rings. The highest BCUT2D eigenvalue weighted by Crippen LogP contribution is 2.37. The highest BCUT2D eigenvalue weighted by Gasteiger charge is 2.30. The first-order chi connectivity index (χ1) is 16.5. The van der Waals surface area contributed by atoms with E-state index in [4.69, 9.17) is 33.9 Å². The molecule has 1 heterocycles. The number of hydrogen-bond donors (Lipinski definition) is 2. The van der Waals surface area contributed by atoms with Crippen molar-refractivity contribution >= 4 is 89.6 Å². The molecule has 0 radical (unpaired) electrons. The minimum atomic E-state index is -0.785. The predicted molar refractivity (Wildman–Crippen MR) is 143 cm³/mol. The van der Waals surface area contributed by atoms with Gasteiger partial charge in [-0.15, -0.1) is 20.8 Å². The minimum Gasteiger partial charge on any atom is -0.445 e. The van der Waals surface area contributed by atoms with E-state index in [-0.39, 0.29) is 54.7 Å². The van der Waals surface area contributed by atoms with E-state index in [1.165, 1.54) is 48.5 Å². The van der Waals surface area contributed by atoms with Crippen molar-refractivity contribution in [1.82, 2.24) is 0 Å². The van der Waals surface area contributed by atoms with Crippen LogP contribution in [0.1, 0.15) is 31.3 Å². The summed E-state index contributed by atoms with van der Waals surface area (Å²) in [6, 6.07) is 10.1. The van der Waals surface area contributed by atoms with Crippen molar-refractivity contribution in [2.45, 2.75) is 0 Å².